The van der Waals surface area contributed by atoms with Crippen LogP contribution in [0.1, 0.15) is 55.8 Å². The number of nitrogens with one attached hydrogen (secondary N) is 3. The highest BCUT2D eigenvalue weighted by atomic mass is 16.2. The molecule has 1 saturated carbocycles. The lowest BCUT2D eigenvalue weighted by molar-refractivity contribution is -0.120. The molecular weight excluding hydrogens is 318 g/mol. The molecule has 6 heteroatoms. The van der Waals surface area contributed by atoms with Crippen molar-refractivity contribution in [2.45, 2.75) is 45.4 Å². The molecule has 0 bridgehead atoms. The molecule has 0 radical (unpaired) electrons. The second kappa shape index (κ2) is 9.81. The van der Waals surface area contributed by atoms with Crippen LogP contribution in [-0.2, 0) is 9.59 Å². The number of amides is 3. The molecule has 25 heavy (non-hydrogen) atoms. The third-order valence-electron chi connectivity index (χ3n) is 4.43. The van der Waals surface area contributed by atoms with Crippen LogP contribution in [0, 0.1) is 5.92 Å². The Morgan fingerprint density at radius 2 is 1.60 bits per heavy atom. The van der Waals surface area contributed by atoms with E-state index in [-0.39, 0.29) is 17.7 Å². The van der Waals surface area contributed by atoms with Gasteiger partial charge in [-0.05, 0) is 43.0 Å². The van der Waals surface area contributed by atoms with Gasteiger partial charge in [-0.2, -0.15) is 0 Å². The van der Waals surface area contributed by atoms with Gasteiger partial charge >= 0.3 is 0 Å². The third-order valence-corrected chi connectivity index (χ3v) is 4.43. The van der Waals surface area contributed by atoms with Crippen molar-refractivity contribution in [2.75, 3.05) is 18.4 Å². The summed E-state index contributed by atoms with van der Waals surface area (Å²) in [4.78, 5) is 35.1. The summed E-state index contributed by atoms with van der Waals surface area (Å²) in [5.74, 6) is 0.315. The van der Waals surface area contributed by atoms with Crippen molar-refractivity contribution in [1.82, 2.24) is 10.6 Å². The van der Waals surface area contributed by atoms with Gasteiger partial charge in [0.1, 0.15) is 0 Å². The summed E-state index contributed by atoms with van der Waals surface area (Å²) in [6, 6.07) is 6.84. The van der Waals surface area contributed by atoms with Crippen LogP contribution in [0.2, 0.25) is 0 Å². The Kier molecular flexibility index (Phi) is 7.44. The van der Waals surface area contributed by atoms with E-state index in [2.05, 4.69) is 16.0 Å². The monoisotopic (exact) mass is 345 g/mol. The van der Waals surface area contributed by atoms with E-state index in [0.29, 0.717) is 43.1 Å². The van der Waals surface area contributed by atoms with Crippen LogP contribution < -0.4 is 16.0 Å². The zero-order valence-corrected chi connectivity index (χ0v) is 14.8. The molecule has 1 aromatic carbocycles. The van der Waals surface area contributed by atoms with Gasteiger partial charge in [-0.25, -0.2) is 0 Å². The highest BCUT2D eigenvalue weighted by molar-refractivity contribution is 5.95. The summed E-state index contributed by atoms with van der Waals surface area (Å²) < 4.78 is 0. The minimum atomic E-state index is -0.199. The van der Waals surface area contributed by atoms with Crippen molar-refractivity contribution < 1.29 is 14.4 Å². The number of rotatable bonds is 8. The second-order valence-electron chi connectivity index (χ2n) is 6.44. The van der Waals surface area contributed by atoms with Crippen molar-refractivity contribution in [3.05, 3.63) is 29.8 Å². The fraction of sp³-hybridized carbons (Fsp3) is 0.526. The molecule has 0 heterocycles. The summed E-state index contributed by atoms with van der Waals surface area (Å²) >= 11 is 0. The van der Waals surface area contributed by atoms with Crippen LogP contribution in [0.25, 0.3) is 0 Å². The van der Waals surface area contributed by atoms with E-state index in [9.17, 15) is 14.4 Å². The normalized spacial score (nSPS) is 14.1. The zero-order chi connectivity index (χ0) is 18.1. The number of benzene rings is 1. The molecule has 136 valence electrons. The van der Waals surface area contributed by atoms with Crippen LogP contribution in [0.15, 0.2) is 24.3 Å². The molecule has 0 atom stereocenters. The highest BCUT2D eigenvalue weighted by Crippen LogP contribution is 2.27. The SMILES string of the molecule is CCC(=O)NCCNC(=O)c1ccc(NC(=O)CC2CCCC2)cc1. The Bertz CT molecular complexity index is 592. The predicted octanol–water partition coefficient (Wildman–Crippen LogP) is 2.46. The van der Waals surface area contributed by atoms with Gasteiger partial charge in [-0.15, -0.1) is 0 Å². The van der Waals surface area contributed by atoms with Gasteiger partial charge in [-0.3, -0.25) is 14.4 Å². The predicted molar refractivity (Wildman–Crippen MR) is 97.3 cm³/mol. The minimum Gasteiger partial charge on any atom is -0.354 e. The largest absolute Gasteiger partial charge is 0.354 e. The van der Waals surface area contributed by atoms with E-state index in [1.54, 1.807) is 31.2 Å². The number of anilines is 1. The van der Waals surface area contributed by atoms with Crippen molar-refractivity contribution >= 4 is 23.4 Å². The first-order valence-corrected chi connectivity index (χ1v) is 9.03. The molecule has 0 spiro atoms. The fourth-order valence-corrected chi connectivity index (χ4v) is 3.00. The van der Waals surface area contributed by atoms with Gasteiger partial charge in [0, 0.05) is 37.2 Å². The molecule has 0 saturated heterocycles. The molecule has 1 fully saturated rings. The lowest BCUT2D eigenvalue weighted by Crippen LogP contribution is -2.34. The van der Waals surface area contributed by atoms with E-state index in [4.69, 9.17) is 0 Å². The van der Waals surface area contributed by atoms with Crippen LogP contribution in [0.4, 0.5) is 5.69 Å². The first-order chi connectivity index (χ1) is 12.1. The van der Waals surface area contributed by atoms with Crippen LogP contribution in [0.5, 0.6) is 0 Å². The summed E-state index contributed by atoms with van der Waals surface area (Å²) in [6.07, 6.45) is 5.75. The highest BCUT2D eigenvalue weighted by Gasteiger charge is 2.18. The number of carbonyl (C=O) groups excluding carboxylic acids is 3. The molecule has 2 rings (SSSR count). The molecule has 0 aromatic heterocycles. The van der Waals surface area contributed by atoms with E-state index in [1.807, 2.05) is 0 Å². The van der Waals surface area contributed by atoms with Gasteiger partial charge in [0.25, 0.3) is 5.91 Å². The third kappa shape index (κ3) is 6.57. The van der Waals surface area contributed by atoms with E-state index >= 15 is 0 Å². The van der Waals surface area contributed by atoms with E-state index in [1.165, 1.54) is 12.8 Å². The van der Waals surface area contributed by atoms with Crippen molar-refractivity contribution in [2.24, 2.45) is 5.92 Å². The number of hydrogen-bond donors (Lipinski definition) is 3. The number of hydrogen-bond acceptors (Lipinski definition) is 3. The topological polar surface area (TPSA) is 87.3 Å². The molecule has 1 aliphatic rings. The maximum atomic E-state index is 12.0. The number of carbonyl (C=O) groups is 3. The van der Waals surface area contributed by atoms with Crippen molar-refractivity contribution in [1.29, 1.82) is 0 Å². The molecule has 1 aromatic rings. The lowest BCUT2D eigenvalue weighted by Gasteiger charge is -2.10. The van der Waals surface area contributed by atoms with Gasteiger partial charge in [0.2, 0.25) is 11.8 Å². The van der Waals surface area contributed by atoms with E-state index in [0.717, 1.165) is 12.8 Å². The summed E-state index contributed by atoms with van der Waals surface area (Å²) in [7, 11) is 0. The van der Waals surface area contributed by atoms with Crippen LogP contribution >= 0.6 is 0 Å². The van der Waals surface area contributed by atoms with Crippen molar-refractivity contribution in [3.8, 4) is 0 Å². The van der Waals surface area contributed by atoms with Gasteiger partial charge < -0.3 is 16.0 Å². The molecule has 3 amide bonds. The first-order valence-electron chi connectivity index (χ1n) is 9.03. The Morgan fingerprint density at radius 1 is 0.960 bits per heavy atom. The summed E-state index contributed by atoms with van der Waals surface area (Å²) in [6.45, 7) is 2.57. The molecule has 0 aliphatic heterocycles. The summed E-state index contributed by atoms with van der Waals surface area (Å²) in [5.41, 5.74) is 1.23. The maximum absolute atomic E-state index is 12.0. The molecule has 6 nitrogen and oxygen atoms in total. The first kappa shape index (κ1) is 19.0. The fourth-order valence-electron chi connectivity index (χ4n) is 3.00. The Balaban J connectivity index is 1.73. The average Bonchev–Trinajstić information content (AvgIpc) is 3.11. The molecular formula is C19H27N3O3. The molecule has 0 unspecified atom stereocenters. The minimum absolute atomic E-state index is 0.0352. The molecule has 3 N–H and O–H groups in total. The Hall–Kier alpha value is -2.37. The standard InChI is InChI=1S/C19H27N3O3/c1-2-17(23)20-11-12-21-19(25)15-7-9-16(10-8-15)22-18(24)13-14-5-3-4-6-14/h7-10,14H,2-6,11-13H2,1H3,(H,20,23)(H,21,25)(H,22,24). The van der Waals surface area contributed by atoms with E-state index < -0.39 is 0 Å². The van der Waals surface area contributed by atoms with Gasteiger partial charge in [-0.1, -0.05) is 19.8 Å². The van der Waals surface area contributed by atoms with Gasteiger partial charge in [0.15, 0.2) is 0 Å². The van der Waals surface area contributed by atoms with Crippen LogP contribution in [-0.4, -0.2) is 30.8 Å². The van der Waals surface area contributed by atoms with Crippen molar-refractivity contribution in [3.63, 3.8) is 0 Å². The molecule has 1 aliphatic carbocycles. The second-order valence-corrected chi connectivity index (χ2v) is 6.44. The smallest absolute Gasteiger partial charge is 0.251 e. The lowest BCUT2D eigenvalue weighted by atomic mass is 10.0. The van der Waals surface area contributed by atoms with Crippen LogP contribution in [0.3, 0.4) is 0 Å². The van der Waals surface area contributed by atoms with Gasteiger partial charge in [0.05, 0.1) is 0 Å². The average molecular weight is 345 g/mol. The Labute approximate surface area is 148 Å². The Morgan fingerprint density at radius 3 is 2.24 bits per heavy atom. The maximum Gasteiger partial charge on any atom is 0.251 e. The zero-order valence-electron chi connectivity index (χ0n) is 14.8. The quantitative estimate of drug-likeness (QED) is 0.633. The summed E-state index contributed by atoms with van der Waals surface area (Å²) in [5, 5.41) is 8.33.